The third kappa shape index (κ3) is 4.30. The molecule has 30 heavy (non-hydrogen) atoms. The van der Waals surface area contributed by atoms with Gasteiger partial charge in [-0.25, -0.2) is 8.42 Å². The Morgan fingerprint density at radius 3 is 2.43 bits per heavy atom. The molecule has 0 saturated carbocycles. The van der Waals surface area contributed by atoms with E-state index in [1.165, 1.54) is 0 Å². The second-order valence-electron chi connectivity index (χ2n) is 8.45. The Morgan fingerprint density at radius 1 is 1.17 bits per heavy atom. The minimum atomic E-state index is -3.58. The van der Waals surface area contributed by atoms with Crippen LogP contribution in [-0.2, 0) is 9.84 Å². The molecule has 0 bridgehead atoms. The molecule has 5 nitrogen and oxygen atoms in total. The Bertz CT molecular complexity index is 1000. The summed E-state index contributed by atoms with van der Waals surface area (Å²) in [5.41, 5.74) is 2.33. The molecule has 3 rings (SSSR count). The molecular formula is C24H32N2O3S. The lowest BCUT2D eigenvalue weighted by molar-refractivity contribution is 0.112. The highest BCUT2D eigenvalue weighted by Crippen LogP contribution is 2.40. The molecule has 0 spiro atoms. The number of sulfone groups is 1. The van der Waals surface area contributed by atoms with Crippen LogP contribution in [0.3, 0.4) is 0 Å². The quantitative estimate of drug-likeness (QED) is 0.664. The van der Waals surface area contributed by atoms with Gasteiger partial charge in [0.2, 0.25) is 0 Å². The minimum absolute atomic E-state index is 0.0342. The van der Waals surface area contributed by atoms with Crippen LogP contribution in [-0.4, -0.2) is 40.1 Å². The number of unbranched alkanes of at least 4 members (excludes halogenated alkanes) is 1. The fourth-order valence-electron chi connectivity index (χ4n) is 4.39. The van der Waals surface area contributed by atoms with Crippen molar-refractivity contribution in [2.24, 2.45) is 0 Å². The zero-order valence-electron chi connectivity index (χ0n) is 18.3. The van der Waals surface area contributed by atoms with E-state index in [-0.39, 0.29) is 16.7 Å². The van der Waals surface area contributed by atoms with Crippen LogP contribution in [0, 0.1) is 0 Å². The molecule has 1 aliphatic heterocycles. The lowest BCUT2D eigenvalue weighted by atomic mass is 9.87. The van der Waals surface area contributed by atoms with Crippen molar-refractivity contribution in [1.82, 2.24) is 5.32 Å². The number of anilines is 1. The topological polar surface area (TPSA) is 66.5 Å². The van der Waals surface area contributed by atoms with Gasteiger partial charge in [0.05, 0.1) is 16.7 Å². The Hall–Kier alpha value is -2.18. The van der Waals surface area contributed by atoms with Crippen molar-refractivity contribution >= 4 is 21.8 Å². The Kier molecular flexibility index (Phi) is 6.68. The van der Waals surface area contributed by atoms with E-state index in [1.54, 1.807) is 6.07 Å². The fourth-order valence-corrected chi connectivity index (χ4v) is 6.55. The number of aldehydes is 1. The van der Waals surface area contributed by atoms with Crippen LogP contribution in [0.2, 0.25) is 0 Å². The van der Waals surface area contributed by atoms with Gasteiger partial charge >= 0.3 is 0 Å². The zero-order valence-corrected chi connectivity index (χ0v) is 19.1. The molecule has 6 heteroatoms. The number of nitrogens with one attached hydrogen (secondary N) is 1. The highest BCUT2D eigenvalue weighted by atomic mass is 32.2. The SMILES string of the molecule is CCCC[C@]1(CC)CS(=O)(=O)c2cc(C=O)c(N(C)C)cc2[C@@H](c2ccccc2)N1. The molecule has 162 valence electrons. The summed E-state index contributed by atoms with van der Waals surface area (Å²) < 4.78 is 27.2. The van der Waals surface area contributed by atoms with E-state index in [9.17, 15) is 13.2 Å². The molecule has 0 saturated heterocycles. The maximum absolute atomic E-state index is 13.6. The zero-order chi connectivity index (χ0) is 21.9. The van der Waals surface area contributed by atoms with Crippen LogP contribution in [0.1, 0.15) is 67.1 Å². The Labute approximate surface area is 180 Å². The van der Waals surface area contributed by atoms with Gasteiger partial charge in [-0.2, -0.15) is 0 Å². The third-order valence-corrected chi connectivity index (χ3v) is 8.11. The maximum Gasteiger partial charge on any atom is 0.180 e. The highest BCUT2D eigenvalue weighted by molar-refractivity contribution is 7.91. The van der Waals surface area contributed by atoms with Gasteiger partial charge in [-0.3, -0.25) is 10.1 Å². The summed E-state index contributed by atoms with van der Waals surface area (Å²) in [6.45, 7) is 4.18. The molecule has 0 radical (unpaired) electrons. The van der Waals surface area contributed by atoms with Crippen molar-refractivity contribution in [2.75, 3.05) is 24.7 Å². The summed E-state index contributed by atoms with van der Waals surface area (Å²) in [5, 5.41) is 3.76. The first-order valence-corrected chi connectivity index (χ1v) is 12.3. The second-order valence-corrected chi connectivity index (χ2v) is 10.4. The van der Waals surface area contributed by atoms with Gasteiger partial charge in [0.15, 0.2) is 16.1 Å². The largest absolute Gasteiger partial charge is 0.377 e. The number of carbonyl (C=O) groups is 1. The van der Waals surface area contributed by atoms with E-state index in [1.807, 2.05) is 55.4 Å². The molecule has 1 N–H and O–H groups in total. The summed E-state index contributed by atoms with van der Waals surface area (Å²) in [5.74, 6) is 0.0342. The van der Waals surface area contributed by atoms with Crippen molar-refractivity contribution < 1.29 is 13.2 Å². The molecule has 2 aromatic carbocycles. The van der Waals surface area contributed by atoms with Gasteiger partial charge in [-0.15, -0.1) is 0 Å². The smallest absolute Gasteiger partial charge is 0.180 e. The monoisotopic (exact) mass is 428 g/mol. The molecule has 0 amide bonds. The van der Waals surface area contributed by atoms with Gasteiger partial charge in [0.1, 0.15) is 0 Å². The molecule has 1 aliphatic rings. The molecular weight excluding hydrogens is 396 g/mol. The van der Waals surface area contributed by atoms with Crippen LogP contribution < -0.4 is 10.2 Å². The second kappa shape index (κ2) is 8.90. The average Bonchev–Trinajstić information content (AvgIpc) is 2.84. The van der Waals surface area contributed by atoms with E-state index in [0.29, 0.717) is 17.5 Å². The molecule has 1 heterocycles. The fraction of sp³-hybridized carbons (Fsp3) is 0.458. The predicted molar refractivity (Wildman–Crippen MR) is 122 cm³/mol. The summed E-state index contributed by atoms with van der Waals surface area (Å²) >= 11 is 0. The van der Waals surface area contributed by atoms with Crippen molar-refractivity contribution in [2.45, 2.75) is 56.0 Å². The van der Waals surface area contributed by atoms with E-state index < -0.39 is 15.4 Å². The van der Waals surface area contributed by atoms with E-state index in [4.69, 9.17) is 0 Å². The molecule has 0 unspecified atom stereocenters. The average molecular weight is 429 g/mol. The van der Waals surface area contributed by atoms with Crippen molar-refractivity contribution in [3.63, 3.8) is 0 Å². The number of hydrogen-bond acceptors (Lipinski definition) is 5. The Morgan fingerprint density at radius 2 is 1.87 bits per heavy atom. The number of nitrogens with zero attached hydrogens (tertiary/aromatic N) is 1. The van der Waals surface area contributed by atoms with Crippen LogP contribution in [0.25, 0.3) is 0 Å². The van der Waals surface area contributed by atoms with Gasteiger partial charge in [0.25, 0.3) is 0 Å². The molecule has 2 aromatic rings. The van der Waals surface area contributed by atoms with Crippen LogP contribution in [0.5, 0.6) is 0 Å². The summed E-state index contributed by atoms with van der Waals surface area (Å²) in [7, 11) is 0.143. The van der Waals surface area contributed by atoms with Gasteiger partial charge in [-0.1, -0.05) is 57.0 Å². The van der Waals surface area contributed by atoms with Crippen molar-refractivity contribution in [3.05, 3.63) is 59.2 Å². The normalized spacial score (nSPS) is 22.7. The van der Waals surface area contributed by atoms with Gasteiger partial charge in [0, 0.05) is 30.9 Å². The lowest BCUT2D eigenvalue weighted by Gasteiger charge is -2.36. The standard InChI is InChI=1S/C24H32N2O3S/c1-5-7-13-24(6-2)17-30(28,29)22-14-19(16-27)21(26(3)4)15-20(22)23(25-24)18-11-9-8-10-12-18/h8-12,14-16,23,25H,5-7,13,17H2,1-4H3/t23-,24-/m1/s1. The number of fused-ring (bicyclic) bond motifs is 1. The number of carbonyl (C=O) groups excluding carboxylic acids is 1. The summed E-state index contributed by atoms with van der Waals surface area (Å²) in [6, 6.07) is 13.1. The molecule has 0 aromatic heterocycles. The molecule has 2 atom stereocenters. The molecule has 0 fully saturated rings. The molecule has 0 aliphatic carbocycles. The Balaban J connectivity index is 2.31. The predicted octanol–water partition coefficient (Wildman–Crippen LogP) is 4.37. The minimum Gasteiger partial charge on any atom is -0.377 e. The first-order chi connectivity index (χ1) is 14.3. The number of rotatable bonds is 7. The third-order valence-electron chi connectivity index (χ3n) is 6.15. The van der Waals surface area contributed by atoms with Crippen LogP contribution in [0.4, 0.5) is 5.69 Å². The first-order valence-electron chi connectivity index (χ1n) is 10.6. The summed E-state index contributed by atoms with van der Waals surface area (Å²) in [4.78, 5) is 13.9. The summed E-state index contributed by atoms with van der Waals surface area (Å²) in [6.07, 6.45) is 4.20. The van der Waals surface area contributed by atoms with E-state index >= 15 is 0 Å². The maximum atomic E-state index is 13.6. The van der Waals surface area contributed by atoms with Crippen LogP contribution in [0.15, 0.2) is 47.4 Å². The first kappa shape index (κ1) is 22.5. The van der Waals surface area contributed by atoms with Crippen molar-refractivity contribution in [3.8, 4) is 0 Å². The van der Waals surface area contributed by atoms with E-state index in [0.717, 1.165) is 36.8 Å². The van der Waals surface area contributed by atoms with E-state index in [2.05, 4.69) is 19.2 Å². The number of hydrogen-bond donors (Lipinski definition) is 1. The van der Waals surface area contributed by atoms with Crippen LogP contribution >= 0.6 is 0 Å². The van der Waals surface area contributed by atoms with Gasteiger partial charge < -0.3 is 4.90 Å². The lowest BCUT2D eigenvalue weighted by Crippen LogP contribution is -2.50. The highest BCUT2D eigenvalue weighted by Gasteiger charge is 2.42. The van der Waals surface area contributed by atoms with Gasteiger partial charge in [-0.05, 0) is 36.1 Å². The number of benzene rings is 2. The van der Waals surface area contributed by atoms with Crippen molar-refractivity contribution in [1.29, 1.82) is 0 Å².